The topological polar surface area (TPSA) is 90.7 Å². The van der Waals surface area contributed by atoms with Crippen LogP contribution in [0, 0.1) is 13.8 Å². The molecule has 0 spiro atoms. The van der Waals surface area contributed by atoms with E-state index in [1.54, 1.807) is 13.8 Å². The second kappa shape index (κ2) is 8.35. The minimum atomic E-state index is -3.65. The summed E-state index contributed by atoms with van der Waals surface area (Å²) in [5.74, 6) is 1.63. The predicted octanol–water partition coefficient (Wildman–Crippen LogP) is 2.61. The van der Waals surface area contributed by atoms with Gasteiger partial charge in [-0.25, -0.2) is 13.1 Å². The van der Waals surface area contributed by atoms with E-state index in [-0.39, 0.29) is 17.2 Å². The van der Waals surface area contributed by atoms with Crippen LogP contribution < -0.4 is 14.2 Å². The second-order valence-corrected chi connectivity index (χ2v) is 7.15. The van der Waals surface area contributed by atoms with Gasteiger partial charge in [-0.2, -0.15) is 0 Å². The van der Waals surface area contributed by atoms with Crippen LogP contribution in [0.4, 0.5) is 0 Å². The van der Waals surface area contributed by atoms with Gasteiger partial charge in [0.15, 0.2) is 17.3 Å². The van der Waals surface area contributed by atoms with Crippen LogP contribution in [0.25, 0.3) is 0 Å². The molecule has 0 saturated carbocycles. The highest BCUT2D eigenvalue weighted by molar-refractivity contribution is 7.89. The Bertz CT molecular complexity index is 795. The van der Waals surface area contributed by atoms with Crippen molar-refractivity contribution in [2.45, 2.75) is 39.0 Å². The number of aryl methyl sites for hydroxylation is 2. The van der Waals surface area contributed by atoms with E-state index in [1.165, 1.54) is 0 Å². The van der Waals surface area contributed by atoms with Gasteiger partial charge in [0.05, 0.1) is 13.2 Å². The van der Waals surface area contributed by atoms with E-state index >= 15 is 0 Å². The van der Waals surface area contributed by atoms with Crippen molar-refractivity contribution in [3.8, 4) is 11.5 Å². The highest BCUT2D eigenvalue weighted by atomic mass is 32.2. The van der Waals surface area contributed by atoms with Crippen LogP contribution in [0.3, 0.4) is 0 Å². The van der Waals surface area contributed by atoms with Crippen molar-refractivity contribution in [2.75, 3.05) is 19.8 Å². The summed E-state index contributed by atoms with van der Waals surface area (Å²) in [5, 5.41) is 3.68. The first-order chi connectivity index (χ1) is 11.9. The van der Waals surface area contributed by atoms with Crippen LogP contribution in [-0.4, -0.2) is 33.3 Å². The monoisotopic (exact) mass is 368 g/mol. The van der Waals surface area contributed by atoms with E-state index in [2.05, 4.69) is 9.88 Å². The normalized spacial score (nSPS) is 11.5. The molecule has 138 valence electrons. The lowest BCUT2D eigenvalue weighted by atomic mass is 10.1. The fourth-order valence-electron chi connectivity index (χ4n) is 2.51. The lowest BCUT2D eigenvalue weighted by molar-refractivity contribution is 0.287. The summed E-state index contributed by atoms with van der Waals surface area (Å²) in [4.78, 5) is 0.106. The van der Waals surface area contributed by atoms with Gasteiger partial charge in [0.1, 0.15) is 10.6 Å². The van der Waals surface area contributed by atoms with Gasteiger partial charge < -0.3 is 14.0 Å². The Balaban J connectivity index is 2.05. The van der Waals surface area contributed by atoms with Gasteiger partial charge in [-0.1, -0.05) is 11.2 Å². The number of hydrogen-bond acceptors (Lipinski definition) is 6. The van der Waals surface area contributed by atoms with Crippen molar-refractivity contribution >= 4 is 10.0 Å². The maximum atomic E-state index is 12.4. The molecule has 0 saturated heterocycles. The standard InChI is InChI=1S/C17H24N2O5S/c1-5-22-15-8-7-14(11-16(15)23-6-2)9-10-18-25(20,21)17-12(3)19-24-13(17)4/h7-8,11,18H,5-6,9-10H2,1-4H3. The molecular weight excluding hydrogens is 344 g/mol. The zero-order valence-corrected chi connectivity index (χ0v) is 15.8. The number of sulfonamides is 1. The van der Waals surface area contributed by atoms with E-state index in [0.717, 1.165) is 5.56 Å². The second-order valence-electron chi connectivity index (χ2n) is 5.45. The summed E-state index contributed by atoms with van der Waals surface area (Å²) < 4.78 is 43.4. The molecule has 2 aromatic rings. The third kappa shape index (κ3) is 4.73. The largest absolute Gasteiger partial charge is 0.490 e. The molecule has 1 aromatic carbocycles. The molecule has 0 amide bonds. The van der Waals surface area contributed by atoms with Crippen LogP contribution in [0.5, 0.6) is 11.5 Å². The number of benzene rings is 1. The summed E-state index contributed by atoms with van der Waals surface area (Å²) >= 11 is 0. The third-order valence-corrected chi connectivity index (χ3v) is 5.25. The van der Waals surface area contributed by atoms with Crippen LogP contribution in [0.1, 0.15) is 30.9 Å². The summed E-state index contributed by atoms with van der Waals surface area (Å²) in [7, 11) is -3.65. The Morgan fingerprint density at radius 1 is 1.12 bits per heavy atom. The van der Waals surface area contributed by atoms with E-state index in [9.17, 15) is 8.42 Å². The van der Waals surface area contributed by atoms with Crippen LogP contribution >= 0.6 is 0 Å². The van der Waals surface area contributed by atoms with E-state index < -0.39 is 10.0 Å². The van der Waals surface area contributed by atoms with Crippen LogP contribution in [-0.2, 0) is 16.4 Å². The zero-order valence-electron chi connectivity index (χ0n) is 15.0. The highest BCUT2D eigenvalue weighted by Crippen LogP contribution is 2.28. The number of nitrogens with zero attached hydrogens (tertiary/aromatic N) is 1. The molecule has 0 aliphatic heterocycles. The molecule has 25 heavy (non-hydrogen) atoms. The Hall–Kier alpha value is -2.06. The smallest absolute Gasteiger partial charge is 0.245 e. The SMILES string of the molecule is CCOc1ccc(CCNS(=O)(=O)c2c(C)noc2C)cc1OCC. The minimum absolute atomic E-state index is 0.106. The first kappa shape index (κ1) is 19.3. The quantitative estimate of drug-likeness (QED) is 0.732. The van der Waals surface area contributed by atoms with Crippen molar-refractivity contribution in [3.05, 3.63) is 35.2 Å². The molecule has 7 nitrogen and oxygen atoms in total. The van der Waals surface area contributed by atoms with E-state index in [0.29, 0.717) is 36.8 Å². The first-order valence-corrected chi connectivity index (χ1v) is 9.68. The van der Waals surface area contributed by atoms with Crippen molar-refractivity contribution in [1.82, 2.24) is 9.88 Å². The average molecular weight is 368 g/mol. The Morgan fingerprint density at radius 3 is 2.40 bits per heavy atom. The number of rotatable bonds is 9. The molecule has 0 unspecified atom stereocenters. The summed E-state index contributed by atoms with van der Waals surface area (Å²) in [6.45, 7) is 8.33. The maximum Gasteiger partial charge on any atom is 0.245 e. The van der Waals surface area contributed by atoms with Gasteiger partial charge >= 0.3 is 0 Å². The number of nitrogens with one attached hydrogen (secondary N) is 1. The first-order valence-electron chi connectivity index (χ1n) is 8.20. The van der Waals surface area contributed by atoms with Gasteiger partial charge in [0, 0.05) is 6.54 Å². The predicted molar refractivity (Wildman–Crippen MR) is 93.6 cm³/mol. The molecule has 8 heteroatoms. The Labute approximate surface area is 148 Å². The Morgan fingerprint density at radius 2 is 1.80 bits per heavy atom. The van der Waals surface area contributed by atoms with Gasteiger partial charge in [0.25, 0.3) is 0 Å². The molecule has 0 radical (unpaired) electrons. The van der Waals surface area contributed by atoms with E-state index in [1.807, 2.05) is 32.0 Å². The number of aromatic nitrogens is 1. The molecule has 1 aromatic heterocycles. The molecule has 2 rings (SSSR count). The lowest BCUT2D eigenvalue weighted by Crippen LogP contribution is -2.26. The molecule has 0 aliphatic carbocycles. The van der Waals surface area contributed by atoms with Crippen molar-refractivity contribution in [1.29, 1.82) is 0 Å². The molecule has 0 atom stereocenters. The number of hydrogen-bond donors (Lipinski definition) is 1. The van der Waals surface area contributed by atoms with E-state index in [4.69, 9.17) is 14.0 Å². The molecule has 0 bridgehead atoms. The van der Waals surface area contributed by atoms with Gasteiger partial charge in [0.2, 0.25) is 10.0 Å². The maximum absolute atomic E-state index is 12.4. The van der Waals surface area contributed by atoms with Crippen molar-refractivity contribution < 1.29 is 22.4 Å². The summed E-state index contributed by atoms with van der Waals surface area (Å²) in [5.41, 5.74) is 1.30. The van der Waals surface area contributed by atoms with Crippen molar-refractivity contribution in [2.24, 2.45) is 0 Å². The average Bonchev–Trinajstić information content (AvgIpc) is 2.89. The molecule has 1 heterocycles. The van der Waals surface area contributed by atoms with Crippen LogP contribution in [0.15, 0.2) is 27.6 Å². The molecule has 0 fully saturated rings. The molecular formula is C17H24N2O5S. The van der Waals surface area contributed by atoms with Gasteiger partial charge in [-0.3, -0.25) is 0 Å². The van der Waals surface area contributed by atoms with Gasteiger partial charge in [-0.15, -0.1) is 0 Å². The fourth-order valence-corrected chi connectivity index (χ4v) is 3.87. The van der Waals surface area contributed by atoms with Crippen LogP contribution in [0.2, 0.25) is 0 Å². The van der Waals surface area contributed by atoms with Gasteiger partial charge in [-0.05, 0) is 51.8 Å². The lowest BCUT2D eigenvalue weighted by Gasteiger charge is -2.12. The third-order valence-electron chi connectivity index (χ3n) is 3.55. The summed E-state index contributed by atoms with van der Waals surface area (Å²) in [6, 6.07) is 5.61. The molecule has 1 N–H and O–H groups in total. The summed E-state index contributed by atoms with van der Waals surface area (Å²) in [6.07, 6.45) is 0.523. The highest BCUT2D eigenvalue weighted by Gasteiger charge is 2.23. The minimum Gasteiger partial charge on any atom is -0.490 e. The number of ether oxygens (including phenoxy) is 2. The zero-order chi connectivity index (χ0) is 18.4. The van der Waals surface area contributed by atoms with Crippen molar-refractivity contribution in [3.63, 3.8) is 0 Å². The fraction of sp³-hybridized carbons (Fsp3) is 0.471. The molecule has 0 aliphatic rings. The Kier molecular flexibility index (Phi) is 6.44.